The summed E-state index contributed by atoms with van der Waals surface area (Å²) in [6, 6.07) is 5.00. The van der Waals surface area contributed by atoms with Crippen LogP contribution in [0.3, 0.4) is 0 Å². The SMILES string of the molecule is CC1CC(C(=O)O)CCN1C(=O)Cc1ccc(Cl)cc1Cl. The van der Waals surface area contributed by atoms with Gasteiger partial charge in [-0.2, -0.15) is 0 Å². The number of hydrogen-bond acceptors (Lipinski definition) is 2. The fraction of sp³-hybridized carbons (Fsp3) is 0.467. The Labute approximate surface area is 133 Å². The fourth-order valence-corrected chi connectivity index (χ4v) is 3.17. The summed E-state index contributed by atoms with van der Waals surface area (Å²) in [5.41, 5.74) is 0.735. The molecule has 0 aliphatic carbocycles. The van der Waals surface area contributed by atoms with Crippen molar-refractivity contribution in [2.75, 3.05) is 6.54 Å². The Hall–Kier alpha value is -1.26. The van der Waals surface area contributed by atoms with Crippen molar-refractivity contribution >= 4 is 35.1 Å². The van der Waals surface area contributed by atoms with Gasteiger partial charge in [0.1, 0.15) is 0 Å². The standard InChI is InChI=1S/C15H17Cl2NO3/c1-9-6-11(15(20)21)4-5-18(9)14(19)7-10-2-3-12(16)8-13(10)17/h2-3,8-9,11H,4-7H2,1H3,(H,20,21). The molecule has 0 saturated carbocycles. The number of rotatable bonds is 3. The smallest absolute Gasteiger partial charge is 0.306 e. The van der Waals surface area contributed by atoms with Crippen LogP contribution in [0.1, 0.15) is 25.3 Å². The second-order valence-electron chi connectivity index (χ2n) is 5.41. The molecular formula is C15H17Cl2NO3. The van der Waals surface area contributed by atoms with E-state index >= 15 is 0 Å². The van der Waals surface area contributed by atoms with E-state index in [4.69, 9.17) is 28.3 Å². The largest absolute Gasteiger partial charge is 0.481 e. The molecule has 114 valence electrons. The van der Waals surface area contributed by atoms with Crippen LogP contribution in [0.4, 0.5) is 0 Å². The van der Waals surface area contributed by atoms with Crippen LogP contribution in [0.15, 0.2) is 18.2 Å². The first kappa shape index (κ1) is 16.1. The molecule has 1 amide bonds. The summed E-state index contributed by atoms with van der Waals surface area (Å²) in [7, 11) is 0. The Kier molecular flexibility index (Phi) is 5.12. The number of carbonyl (C=O) groups is 2. The lowest BCUT2D eigenvalue weighted by Crippen LogP contribution is -2.46. The van der Waals surface area contributed by atoms with Crippen molar-refractivity contribution < 1.29 is 14.7 Å². The summed E-state index contributed by atoms with van der Waals surface area (Å²) in [5, 5.41) is 10.1. The molecule has 1 aromatic rings. The minimum Gasteiger partial charge on any atom is -0.481 e. The first-order chi connectivity index (χ1) is 9.88. The van der Waals surface area contributed by atoms with Gasteiger partial charge in [0.2, 0.25) is 5.91 Å². The summed E-state index contributed by atoms with van der Waals surface area (Å²) in [6.45, 7) is 2.36. The number of carbonyl (C=O) groups excluding carboxylic acids is 1. The number of piperidine rings is 1. The molecular weight excluding hydrogens is 313 g/mol. The number of benzene rings is 1. The monoisotopic (exact) mass is 329 g/mol. The maximum atomic E-state index is 12.4. The highest BCUT2D eigenvalue weighted by atomic mass is 35.5. The Morgan fingerprint density at radius 3 is 2.67 bits per heavy atom. The van der Waals surface area contributed by atoms with Gasteiger partial charge in [0.15, 0.2) is 0 Å². The van der Waals surface area contributed by atoms with Crippen LogP contribution in [0.25, 0.3) is 0 Å². The highest BCUT2D eigenvalue weighted by Gasteiger charge is 2.32. The van der Waals surface area contributed by atoms with E-state index in [0.717, 1.165) is 5.56 Å². The lowest BCUT2D eigenvalue weighted by atomic mass is 9.91. The summed E-state index contributed by atoms with van der Waals surface area (Å²) in [4.78, 5) is 25.1. The number of hydrogen-bond donors (Lipinski definition) is 1. The Morgan fingerprint density at radius 1 is 1.38 bits per heavy atom. The summed E-state index contributed by atoms with van der Waals surface area (Å²) < 4.78 is 0. The van der Waals surface area contributed by atoms with Crippen LogP contribution in [0, 0.1) is 5.92 Å². The van der Waals surface area contributed by atoms with Gasteiger partial charge < -0.3 is 10.0 Å². The van der Waals surface area contributed by atoms with Crippen molar-refractivity contribution in [1.29, 1.82) is 0 Å². The molecule has 4 nitrogen and oxygen atoms in total. The molecule has 1 aromatic carbocycles. The molecule has 1 aliphatic heterocycles. The highest BCUT2D eigenvalue weighted by Crippen LogP contribution is 2.26. The number of halogens is 2. The summed E-state index contributed by atoms with van der Waals surface area (Å²) >= 11 is 11.9. The van der Waals surface area contributed by atoms with Crippen LogP contribution in [-0.4, -0.2) is 34.5 Å². The third-order valence-corrected chi connectivity index (χ3v) is 4.49. The molecule has 0 spiro atoms. The Balaban J connectivity index is 2.02. The summed E-state index contributed by atoms with van der Waals surface area (Å²) in [5.74, 6) is -1.17. The van der Waals surface area contributed by atoms with Crippen molar-refractivity contribution in [2.24, 2.45) is 5.92 Å². The zero-order valence-electron chi connectivity index (χ0n) is 11.7. The average molecular weight is 330 g/mol. The zero-order valence-corrected chi connectivity index (χ0v) is 13.2. The van der Waals surface area contributed by atoms with E-state index in [0.29, 0.717) is 29.4 Å². The quantitative estimate of drug-likeness (QED) is 0.926. The van der Waals surface area contributed by atoms with E-state index < -0.39 is 5.97 Å². The molecule has 1 fully saturated rings. The molecule has 2 unspecified atom stereocenters. The molecule has 1 aliphatic rings. The molecule has 2 atom stereocenters. The fourth-order valence-electron chi connectivity index (χ4n) is 2.70. The summed E-state index contributed by atoms with van der Waals surface area (Å²) in [6.07, 6.45) is 1.20. The number of aliphatic carboxylic acids is 1. The van der Waals surface area contributed by atoms with Gasteiger partial charge in [0.25, 0.3) is 0 Å². The lowest BCUT2D eigenvalue weighted by molar-refractivity contribution is -0.147. The second kappa shape index (κ2) is 6.67. The van der Waals surface area contributed by atoms with Crippen molar-refractivity contribution in [3.63, 3.8) is 0 Å². The van der Waals surface area contributed by atoms with E-state index in [9.17, 15) is 9.59 Å². The maximum absolute atomic E-state index is 12.4. The number of likely N-dealkylation sites (tertiary alicyclic amines) is 1. The highest BCUT2D eigenvalue weighted by molar-refractivity contribution is 6.35. The van der Waals surface area contributed by atoms with Crippen LogP contribution >= 0.6 is 23.2 Å². The molecule has 0 aromatic heterocycles. The minimum atomic E-state index is -0.783. The molecule has 21 heavy (non-hydrogen) atoms. The first-order valence-corrected chi connectivity index (χ1v) is 7.60. The number of amides is 1. The number of carboxylic acid groups (broad SMARTS) is 1. The van der Waals surface area contributed by atoms with Crippen molar-refractivity contribution in [3.05, 3.63) is 33.8 Å². The topological polar surface area (TPSA) is 57.6 Å². The van der Waals surface area contributed by atoms with Gasteiger partial charge in [-0.15, -0.1) is 0 Å². The molecule has 6 heteroatoms. The minimum absolute atomic E-state index is 0.0319. The third-order valence-electron chi connectivity index (χ3n) is 3.90. The molecule has 1 saturated heterocycles. The van der Waals surface area contributed by atoms with E-state index in [1.807, 2.05) is 6.92 Å². The van der Waals surface area contributed by atoms with E-state index in [-0.39, 0.29) is 24.3 Å². The second-order valence-corrected chi connectivity index (χ2v) is 6.25. The molecule has 0 radical (unpaired) electrons. The van der Waals surface area contributed by atoms with Gasteiger partial charge in [-0.1, -0.05) is 29.3 Å². The van der Waals surface area contributed by atoms with Crippen LogP contribution in [0.2, 0.25) is 10.0 Å². The van der Waals surface area contributed by atoms with Gasteiger partial charge in [-0.3, -0.25) is 9.59 Å². The van der Waals surface area contributed by atoms with E-state index in [1.165, 1.54) is 0 Å². The third kappa shape index (κ3) is 3.89. The zero-order chi connectivity index (χ0) is 15.6. The first-order valence-electron chi connectivity index (χ1n) is 6.84. The molecule has 1 N–H and O–H groups in total. The predicted octanol–water partition coefficient (Wildman–Crippen LogP) is 3.25. The van der Waals surface area contributed by atoms with Crippen LogP contribution < -0.4 is 0 Å². The average Bonchev–Trinajstić information content (AvgIpc) is 2.41. The molecule has 2 rings (SSSR count). The Bertz CT molecular complexity index is 562. The van der Waals surface area contributed by atoms with Gasteiger partial charge in [-0.25, -0.2) is 0 Å². The van der Waals surface area contributed by atoms with Gasteiger partial charge >= 0.3 is 5.97 Å². The van der Waals surface area contributed by atoms with Crippen molar-refractivity contribution in [2.45, 2.75) is 32.2 Å². The van der Waals surface area contributed by atoms with Crippen molar-refractivity contribution in [3.8, 4) is 0 Å². The number of nitrogens with zero attached hydrogens (tertiary/aromatic N) is 1. The Morgan fingerprint density at radius 2 is 2.10 bits per heavy atom. The van der Waals surface area contributed by atoms with Gasteiger partial charge in [0, 0.05) is 22.6 Å². The van der Waals surface area contributed by atoms with E-state index in [1.54, 1.807) is 23.1 Å². The van der Waals surface area contributed by atoms with Gasteiger partial charge in [0.05, 0.1) is 12.3 Å². The van der Waals surface area contributed by atoms with Crippen LogP contribution in [0.5, 0.6) is 0 Å². The van der Waals surface area contributed by atoms with Crippen LogP contribution in [-0.2, 0) is 16.0 Å². The van der Waals surface area contributed by atoms with E-state index in [2.05, 4.69) is 0 Å². The normalized spacial score (nSPS) is 22.1. The number of carboxylic acids is 1. The maximum Gasteiger partial charge on any atom is 0.306 e. The lowest BCUT2D eigenvalue weighted by Gasteiger charge is -2.36. The predicted molar refractivity (Wildman–Crippen MR) is 81.7 cm³/mol. The van der Waals surface area contributed by atoms with Crippen molar-refractivity contribution in [1.82, 2.24) is 4.90 Å². The van der Waals surface area contributed by atoms with Gasteiger partial charge in [-0.05, 0) is 37.5 Å². The molecule has 0 bridgehead atoms. The molecule has 1 heterocycles.